The fraction of sp³-hybridized carbons (Fsp3) is 1.00. The third-order valence-electron chi connectivity index (χ3n) is 1.40. The Hall–Kier alpha value is 0.150. The van der Waals surface area contributed by atoms with Crippen LogP contribution in [-0.2, 0) is 4.57 Å². The minimum Gasteiger partial charge on any atom is -0.333 e. The van der Waals surface area contributed by atoms with Gasteiger partial charge in [-0.15, -0.1) is 0 Å². The van der Waals surface area contributed by atoms with Gasteiger partial charge in [0.05, 0.1) is 5.16 Å². The third-order valence-corrected chi connectivity index (χ3v) is 4.19. The lowest BCUT2D eigenvalue weighted by atomic mass is 10.1. The first kappa shape index (κ1) is 12.2. The van der Waals surface area contributed by atoms with Gasteiger partial charge in [-0.3, -0.25) is 4.57 Å². The highest BCUT2D eigenvalue weighted by atomic mass is 31.2. The van der Waals surface area contributed by atoms with Crippen LogP contribution < -0.4 is 5.09 Å². The number of hydrogen-bond donors (Lipinski definition) is 2. The van der Waals surface area contributed by atoms with E-state index in [1.54, 1.807) is 20.8 Å². The van der Waals surface area contributed by atoms with Crippen LogP contribution in [0.15, 0.2) is 0 Å². The fourth-order valence-corrected chi connectivity index (χ4v) is 1.87. The van der Waals surface area contributed by atoms with Crippen LogP contribution in [0.2, 0.25) is 0 Å². The van der Waals surface area contributed by atoms with E-state index < -0.39 is 12.7 Å². The molecule has 0 aromatic rings. The molecule has 0 radical (unpaired) electrons. The van der Waals surface area contributed by atoms with Crippen molar-refractivity contribution in [1.82, 2.24) is 5.09 Å². The van der Waals surface area contributed by atoms with Gasteiger partial charge in [-0.25, -0.2) is 5.09 Å². The summed E-state index contributed by atoms with van der Waals surface area (Å²) in [5.41, 5.74) is -0.322. The molecule has 0 rings (SSSR count). The minimum absolute atomic E-state index is 0.322. The monoisotopic (exact) mass is 193 g/mol. The molecule has 74 valence electrons. The molecule has 0 heterocycles. The summed E-state index contributed by atoms with van der Waals surface area (Å²) in [5, 5.41) is 2.15. The maximum atomic E-state index is 11.7. The Labute approximate surface area is 75.1 Å². The van der Waals surface area contributed by atoms with E-state index in [0.717, 1.165) is 0 Å². The first-order valence-corrected chi connectivity index (χ1v) is 5.74. The summed E-state index contributed by atoms with van der Waals surface area (Å²) in [7, 11) is -3.25. The van der Waals surface area contributed by atoms with Gasteiger partial charge in [0, 0.05) is 5.54 Å². The number of nitrogens with one attached hydrogen (secondary N) is 1. The van der Waals surface area contributed by atoms with Crippen molar-refractivity contribution >= 4 is 7.52 Å². The molecule has 2 N–H and O–H groups in total. The van der Waals surface area contributed by atoms with Crippen LogP contribution in [-0.4, -0.2) is 15.6 Å². The van der Waals surface area contributed by atoms with Crippen molar-refractivity contribution in [3.8, 4) is 0 Å². The normalized spacial score (nSPS) is 18.9. The number of rotatable bonds is 1. The van der Waals surface area contributed by atoms with E-state index in [0.29, 0.717) is 0 Å². The molecule has 0 fully saturated rings. The Kier molecular flexibility index (Phi) is 3.17. The molecule has 3 nitrogen and oxygen atoms in total. The molecule has 0 amide bonds. The second-order valence-electron chi connectivity index (χ2n) is 5.11. The molecule has 0 aromatic carbocycles. The van der Waals surface area contributed by atoms with Crippen LogP contribution >= 0.6 is 7.52 Å². The van der Waals surface area contributed by atoms with Crippen LogP contribution in [0.3, 0.4) is 0 Å². The van der Waals surface area contributed by atoms with Gasteiger partial charge in [0.2, 0.25) is 0 Å². The van der Waals surface area contributed by atoms with Gasteiger partial charge >= 0.3 is 0 Å². The van der Waals surface area contributed by atoms with Crippen molar-refractivity contribution in [1.29, 1.82) is 0 Å². The average Bonchev–Trinajstić information content (AvgIpc) is 1.52. The second-order valence-corrected chi connectivity index (χ2v) is 7.83. The first-order chi connectivity index (χ1) is 4.96. The number of hydrogen-bond acceptors (Lipinski definition) is 1. The van der Waals surface area contributed by atoms with Gasteiger partial charge in [0.1, 0.15) is 0 Å². The maximum Gasteiger partial charge on any atom is 0.272 e. The summed E-state index contributed by atoms with van der Waals surface area (Å²) in [6, 6.07) is 0. The topological polar surface area (TPSA) is 49.3 Å². The Balaban J connectivity index is 4.57. The van der Waals surface area contributed by atoms with Crippen LogP contribution in [0.1, 0.15) is 41.5 Å². The van der Waals surface area contributed by atoms with Crippen molar-refractivity contribution in [3.05, 3.63) is 0 Å². The molecule has 0 aliphatic heterocycles. The standard InChI is InChI=1S/C8H20NO2P/c1-7(2,3)9-12(10,11)8(4,5)6/h1-6H3,(H2,9,10,11). The predicted octanol–water partition coefficient (Wildman–Crippen LogP) is 2.36. The quantitative estimate of drug-likeness (QED) is 0.628. The van der Waals surface area contributed by atoms with E-state index in [4.69, 9.17) is 0 Å². The Bertz CT molecular complexity index is 200. The third kappa shape index (κ3) is 3.70. The SMILES string of the molecule is CC(C)(C)NP(=O)(O)C(C)(C)C. The highest BCUT2D eigenvalue weighted by Crippen LogP contribution is 2.51. The summed E-state index contributed by atoms with van der Waals surface area (Å²) < 4.78 is 11.7. The summed E-state index contributed by atoms with van der Waals surface area (Å²) in [5.74, 6) is 0. The highest BCUT2D eigenvalue weighted by Gasteiger charge is 2.37. The summed E-state index contributed by atoms with van der Waals surface area (Å²) in [6.07, 6.45) is 0. The molecular weight excluding hydrogens is 173 g/mol. The second kappa shape index (κ2) is 3.13. The summed E-state index contributed by atoms with van der Waals surface area (Å²) in [4.78, 5) is 9.63. The fourth-order valence-electron chi connectivity index (χ4n) is 0.622. The molecule has 0 aromatic heterocycles. The zero-order valence-corrected chi connectivity index (χ0v) is 9.70. The summed E-state index contributed by atoms with van der Waals surface area (Å²) >= 11 is 0. The lowest BCUT2D eigenvalue weighted by Gasteiger charge is -2.32. The molecule has 0 saturated carbocycles. The Morgan fingerprint density at radius 2 is 1.42 bits per heavy atom. The first-order valence-electron chi connectivity index (χ1n) is 4.08. The molecule has 4 heteroatoms. The van der Waals surface area contributed by atoms with Crippen molar-refractivity contribution < 1.29 is 9.46 Å². The minimum atomic E-state index is -3.25. The Morgan fingerprint density at radius 3 is 1.50 bits per heavy atom. The molecule has 0 spiro atoms. The van der Waals surface area contributed by atoms with Gasteiger partial charge in [-0.05, 0) is 41.5 Å². The van der Waals surface area contributed by atoms with Crippen molar-refractivity contribution in [3.63, 3.8) is 0 Å². The average molecular weight is 193 g/mol. The molecule has 0 aliphatic rings. The molecule has 0 bridgehead atoms. The molecule has 1 unspecified atom stereocenters. The van der Waals surface area contributed by atoms with E-state index in [2.05, 4.69) is 5.09 Å². The maximum absolute atomic E-state index is 11.7. The molecule has 0 saturated heterocycles. The lowest BCUT2D eigenvalue weighted by Crippen LogP contribution is -2.38. The van der Waals surface area contributed by atoms with Crippen LogP contribution in [0.5, 0.6) is 0 Å². The molecular formula is C8H20NO2P. The summed E-state index contributed by atoms with van der Waals surface area (Å²) in [6.45, 7) is 10.9. The molecule has 0 aliphatic carbocycles. The smallest absolute Gasteiger partial charge is 0.272 e. The van der Waals surface area contributed by atoms with Crippen molar-refractivity contribution in [2.24, 2.45) is 0 Å². The highest BCUT2D eigenvalue weighted by molar-refractivity contribution is 7.57. The van der Waals surface area contributed by atoms with E-state index in [1.807, 2.05) is 20.8 Å². The van der Waals surface area contributed by atoms with E-state index in [1.165, 1.54) is 0 Å². The van der Waals surface area contributed by atoms with Crippen LogP contribution in [0, 0.1) is 0 Å². The van der Waals surface area contributed by atoms with Gasteiger partial charge in [0.15, 0.2) is 0 Å². The van der Waals surface area contributed by atoms with Crippen LogP contribution in [0.4, 0.5) is 0 Å². The van der Waals surface area contributed by atoms with Gasteiger partial charge in [0.25, 0.3) is 7.52 Å². The van der Waals surface area contributed by atoms with Gasteiger partial charge < -0.3 is 4.89 Å². The lowest BCUT2D eigenvalue weighted by molar-refractivity contribution is 0.393. The van der Waals surface area contributed by atoms with Crippen LogP contribution in [0.25, 0.3) is 0 Å². The van der Waals surface area contributed by atoms with E-state index in [9.17, 15) is 9.46 Å². The molecule has 12 heavy (non-hydrogen) atoms. The zero-order chi connectivity index (χ0) is 10.2. The van der Waals surface area contributed by atoms with E-state index >= 15 is 0 Å². The van der Waals surface area contributed by atoms with E-state index in [-0.39, 0.29) is 5.54 Å². The Morgan fingerprint density at radius 1 is 1.08 bits per heavy atom. The van der Waals surface area contributed by atoms with Crippen molar-refractivity contribution in [2.45, 2.75) is 52.2 Å². The zero-order valence-electron chi connectivity index (χ0n) is 8.80. The predicted molar refractivity (Wildman–Crippen MR) is 52.5 cm³/mol. The molecule has 1 atom stereocenters. The van der Waals surface area contributed by atoms with Gasteiger partial charge in [-0.2, -0.15) is 0 Å². The largest absolute Gasteiger partial charge is 0.333 e. The van der Waals surface area contributed by atoms with Crippen molar-refractivity contribution in [2.75, 3.05) is 0 Å². The van der Waals surface area contributed by atoms with Gasteiger partial charge in [-0.1, -0.05) is 0 Å².